The molecule has 1 atom stereocenters. The third-order valence-electron chi connectivity index (χ3n) is 4.84. The van der Waals surface area contributed by atoms with Crippen molar-refractivity contribution in [1.29, 1.82) is 0 Å². The number of carbonyl (C=O) groups is 2. The largest absolute Gasteiger partial charge is 0.480 e. The van der Waals surface area contributed by atoms with Crippen LogP contribution in [0.3, 0.4) is 0 Å². The summed E-state index contributed by atoms with van der Waals surface area (Å²) in [5.74, 6) is -1.06. The van der Waals surface area contributed by atoms with Crippen LogP contribution in [0.25, 0.3) is 0 Å². The molecule has 1 unspecified atom stereocenters. The number of nitrogens with two attached hydrogens (primary N) is 1. The third-order valence-corrected chi connectivity index (χ3v) is 7.24. The average Bonchev–Trinajstić information content (AvgIpc) is 2.78. The van der Waals surface area contributed by atoms with Crippen molar-refractivity contribution in [2.24, 2.45) is 10.1 Å². The van der Waals surface area contributed by atoms with Crippen LogP contribution in [0.1, 0.15) is 54.9 Å². The van der Waals surface area contributed by atoms with E-state index in [1.165, 1.54) is 0 Å². The van der Waals surface area contributed by atoms with Crippen LogP contribution >= 0.6 is 0 Å². The van der Waals surface area contributed by atoms with Gasteiger partial charge in [-0.05, 0) is 48.4 Å². The molecule has 0 saturated carbocycles. The van der Waals surface area contributed by atoms with Gasteiger partial charge in [0.1, 0.15) is 6.54 Å². The highest BCUT2D eigenvalue weighted by molar-refractivity contribution is 7.93. The van der Waals surface area contributed by atoms with E-state index in [1.807, 2.05) is 6.07 Å². The first-order valence-corrected chi connectivity index (χ1v) is 12.2. The summed E-state index contributed by atoms with van der Waals surface area (Å²) in [7, 11) is -2.84. The Hall–Kier alpha value is -2.71. The summed E-state index contributed by atoms with van der Waals surface area (Å²) in [6.07, 6.45) is 4.95. The number of nitrogens with one attached hydrogen (secondary N) is 1. The molecule has 4 N–H and O–H groups in total. The lowest BCUT2D eigenvalue weighted by Gasteiger charge is -2.12. The molecule has 0 aliphatic rings. The van der Waals surface area contributed by atoms with Crippen LogP contribution < -0.4 is 11.1 Å². The summed E-state index contributed by atoms with van der Waals surface area (Å²) in [6, 6.07) is 13.7. The first-order valence-electron chi connectivity index (χ1n) is 10.5. The van der Waals surface area contributed by atoms with E-state index in [9.17, 15) is 13.8 Å². The number of carboxylic acid groups (broad SMARTS) is 1. The molecule has 0 aliphatic heterocycles. The summed E-state index contributed by atoms with van der Waals surface area (Å²) >= 11 is 0. The van der Waals surface area contributed by atoms with Gasteiger partial charge >= 0.3 is 5.97 Å². The van der Waals surface area contributed by atoms with Crippen LogP contribution in [0.15, 0.2) is 57.8 Å². The van der Waals surface area contributed by atoms with Crippen LogP contribution in [-0.2, 0) is 21.1 Å². The maximum Gasteiger partial charge on any atom is 0.326 e. The van der Waals surface area contributed by atoms with Gasteiger partial charge in [0.2, 0.25) is 0 Å². The molecule has 0 aromatic heterocycles. The predicted molar refractivity (Wildman–Crippen MR) is 124 cm³/mol. The summed E-state index contributed by atoms with van der Waals surface area (Å²) < 4.78 is 17.5. The molecule has 1 amide bonds. The van der Waals surface area contributed by atoms with Gasteiger partial charge in [-0.1, -0.05) is 44.7 Å². The fraction of sp³-hybridized carbons (Fsp3) is 0.391. The zero-order valence-corrected chi connectivity index (χ0v) is 18.7. The number of anilines is 1. The van der Waals surface area contributed by atoms with E-state index in [0.717, 1.165) is 37.7 Å². The Morgan fingerprint density at radius 3 is 2.42 bits per heavy atom. The van der Waals surface area contributed by atoms with Crippen LogP contribution in [0.2, 0.25) is 0 Å². The Morgan fingerprint density at radius 2 is 1.77 bits per heavy atom. The smallest absolute Gasteiger partial charge is 0.326 e. The van der Waals surface area contributed by atoms with Crippen LogP contribution in [0, 0.1) is 0 Å². The minimum absolute atomic E-state index is 0.268. The minimum atomic E-state index is -2.84. The number of hydrogen-bond acceptors (Lipinski definition) is 5. The average molecular weight is 446 g/mol. The second kappa shape index (κ2) is 12.2. The van der Waals surface area contributed by atoms with Crippen molar-refractivity contribution >= 4 is 27.3 Å². The summed E-state index contributed by atoms with van der Waals surface area (Å²) in [6.45, 7) is 1.98. The number of carboxylic acids is 1. The standard InChI is InChI=1S/C23H31N3O4S/c1-2-3-4-5-6-14-31(30,25-17-22(27)28)21-12-10-20(11-13-21)26-23(29)19-9-7-8-18(15-19)16-24/h7-13,15H,2-6,14,16-17,24H2,1H3,(H,26,29)(H,27,28). The van der Waals surface area contributed by atoms with Crippen LogP contribution in [-0.4, -0.2) is 33.5 Å². The third kappa shape index (κ3) is 7.80. The van der Waals surface area contributed by atoms with Gasteiger partial charge < -0.3 is 16.2 Å². The number of unbranched alkanes of at least 4 members (excludes halogenated alkanes) is 4. The molecule has 0 heterocycles. The van der Waals surface area contributed by atoms with Gasteiger partial charge in [-0.15, -0.1) is 0 Å². The minimum Gasteiger partial charge on any atom is -0.480 e. The molecule has 8 heteroatoms. The van der Waals surface area contributed by atoms with E-state index >= 15 is 0 Å². The highest BCUT2D eigenvalue weighted by Gasteiger charge is 2.14. The highest BCUT2D eigenvalue weighted by atomic mass is 32.2. The molecule has 0 radical (unpaired) electrons. The van der Waals surface area contributed by atoms with Gasteiger partial charge in [-0.3, -0.25) is 9.59 Å². The quantitative estimate of drug-likeness (QED) is 0.421. The van der Waals surface area contributed by atoms with Crippen molar-refractivity contribution in [1.82, 2.24) is 0 Å². The van der Waals surface area contributed by atoms with E-state index in [2.05, 4.69) is 16.6 Å². The molecule has 0 fully saturated rings. The van der Waals surface area contributed by atoms with E-state index in [4.69, 9.17) is 10.8 Å². The lowest BCUT2D eigenvalue weighted by atomic mass is 10.1. The van der Waals surface area contributed by atoms with Crippen molar-refractivity contribution in [3.05, 3.63) is 59.7 Å². The normalized spacial score (nSPS) is 12.7. The fourth-order valence-corrected chi connectivity index (χ4v) is 5.10. The molecule has 0 spiro atoms. The zero-order chi connectivity index (χ0) is 22.7. The highest BCUT2D eigenvalue weighted by Crippen LogP contribution is 2.20. The molecule has 2 aromatic carbocycles. The van der Waals surface area contributed by atoms with Gasteiger partial charge in [-0.2, -0.15) is 0 Å². The first-order chi connectivity index (χ1) is 14.9. The van der Waals surface area contributed by atoms with Crippen LogP contribution in [0.5, 0.6) is 0 Å². The van der Waals surface area contributed by atoms with Crippen molar-refractivity contribution < 1.29 is 18.9 Å². The van der Waals surface area contributed by atoms with Crippen molar-refractivity contribution in [2.75, 3.05) is 17.6 Å². The van der Waals surface area contributed by atoms with E-state index < -0.39 is 22.2 Å². The Balaban J connectivity index is 2.14. The Kier molecular flexibility index (Phi) is 9.68. The Labute approximate surface area is 184 Å². The molecule has 2 rings (SSSR count). The second-order valence-electron chi connectivity index (χ2n) is 7.32. The molecule has 31 heavy (non-hydrogen) atoms. The SMILES string of the molecule is CCCCCCCS(=O)(=NCC(=O)O)c1ccc(NC(=O)c2cccc(CN)c2)cc1. The summed E-state index contributed by atoms with van der Waals surface area (Å²) in [4.78, 5) is 23.9. The van der Waals surface area contributed by atoms with Crippen molar-refractivity contribution in [3.63, 3.8) is 0 Å². The van der Waals surface area contributed by atoms with Crippen LogP contribution in [0.4, 0.5) is 5.69 Å². The topological polar surface area (TPSA) is 122 Å². The molecular formula is C23H31N3O4S. The van der Waals surface area contributed by atoms with Gasteiger partial charge in [0.15, 0.2) is 0 Å². The molecule has 0 bridgehead atoms. The Bertz CT molecular complexity index is 996. The van der Waals surface area contributed by atoms with Gasteiger partial charge in [0, 0.05) is 28.4 Å². The maximum atomic E-state index is 13.4. The monoisotopic (exact) mass is 445 g/mol. The zero-order valence-electron chi connectivity index (χ0n) is 17.9. The number of amides is 1. The van der Waals surface area contributed by atoms with Gasteiger partial charge in [-0.25, -0.2) is 8.57 Å². The Morgan fingerprint density at radius 1 is 1.06 bits per heavy atom. The molecular weight excluding hydrogens is 414 g/mol. The molecule has 2 aromatic rings. The molecule has 0 aliphatic carbocycles. The lowest BCUT2D eigenvalue weighted by Crippen LogP contribution is -2.13. The maximum absolute atomic E-state index is 13.4. The molecule has 7 nitrogen and oxygen atoms in total. The fourth-order valence-electron chi connectivity index (χ4n) is 3.11. The second-order valence-corrected chi connectivity index (χ2v) is 9.74. The number of nitrogens with zero attached hydrogens (tertiary/aromatic N) is 1. The first kappa shape index (κ1) is 24.6. The van der Waals surface area contributed by atoms with Gasteiger partial charge in [0.25, 0.3) is 5.91 Å². The molecule has 0 saturated heterocycles. The number of aliphatic carboxylic acids is 1. The summed E-state index contributed by atoms with van der Waals surface area (Å²) in [5, 5.41) is 11.8. The number of hydrogen-bond donors (Lipinski definition) is 3. The van der Waals surface area contributed by atoms with Crippen molar-refractivity contribution in [3.8, 4) is 0 Å². The lowest BCUT2D eigenvalue weighted by molar-refractivity contribution is -0.135. The number of carbonyl (C=O) groups excluding carboxylic acids is 1. The van der Waals surface area contributed by atoms with E-state index in [-0.39, 0.29) is 5.91 Å². The molecule has 168 valence electrons. The predicted octanol–water partition coefficient (Wildman–Crippen LogP) is 4.28. The van der Waals surface area contributed by atoms with E-state index in [0.29, 0.717) is 28.4 Å². The number of rotatable bonds is 12. The van der Waals surface area contributed by atoms with Gasteiger partial charge in [0.05, 0.1) is 9.73 Å². The summed E-state index contributed by atoms with van der Waals surface area (Å²) in [5.41, 5.74) is 7.54. The van der Waals surface area contributed by atoms with Crippen molar-refractivity contribution in [2.45, 2.75) is 50.5 Å². The van der Waals surface area contributed by atoms with E-state index in [1.54, 1.807) is 42.5 Å². The number of benzene rings is 2.